The zero-order chi connectivity index (χ0) is 17.0. The van der Waals surface area contributed by atoms with Gasteiger partial charge in [-0.05, 0) is 37.0 Å². The molecule has 0 radical (unpaired) electrons. The molecule has 0 aliphatic heterocycles. The molecule has 3 nitrogen and oxygen atoms in total. The molecule has 1 aromatic carbocycles. The molecule has 1 fully saturated rings. The summed E-state index contributed by atoms with van der Waals surface area (Å²) in [5, 5.41) is 3.26. The average Bonchev–Trinajstić information content (AvgIpc) is 3.27. The van der Waals surface area contributed by atoms with Crippen molar-refractivity contribution in [2.24, 2.45) is 5.92 Å². The highest BCUT2D eigenvalue weighted by Crippen LogP contribution is 2.32. The number of amides is 1. The molecule has 23 heavy (non-hydrogen) atoms. The van der Waals surface area contributed by atoms with Gasteiger partial charge in [0.25, 0.3) is 0 Å². The van der Waals surface area contributed by atoms with Crippen molar-refractivity contribution < 1.29 is 18.0 Å². The van der Waals surface area contributed by atoms with Gasteiger partial charge in [-0.15, -0.1) is 0 Å². The Kier molecular flexibility index (Phi) is 5.46. The second-order valence-corrected chi connectivity index (χ2v) is 5.76. The first-order valence-electron chi connectivity index (χ1n) is 7.66. The number of hydrogen-bond donors (Lipinski definition) is 1. The van der Waals surface area contributed by atoms with Gasteiger partial charge in [-0.3, -0.25) is 4.79 Å². The largest absolute Gasteiger partial charge is 0.416 e. The Morgan fingerprint density at radius 3 is 2.83 bits per heavy atom. The minimum atomic E-state index is -4.31. The van der Waals surface area contributed by atoms with Crippen LogP contribution in [0.1, 0.15) is 24.5 Å². The van der Waals surface area contributed by atoms with E-state index in [2.05, 4.69) is 11.9 Å². The molecule has 0 aromatic heterocycles. The van der Waals surface area contributed by atoms with Crippen LogP contribution in [-0.2, 0) is 17.5 Å². The molecule has 1 aliphatic rings. The fourth-order valence-electron chi connectivity index (χ4n) is 2.59. The molecular weight excluding hydrogens is 305 g/mol. The van der Waals surface area contributed by atoms with E-state index in [-0.39, 0.29) is 11.9 Å². The monoisotopic (exact) mass is 326 g/mol. The van der Waals surface area contributed by atoms with Crippen molar-refractivity contribution in [3.63, 3.8) is 0 Å². The molecular formula is C17H21F3N2O. The fourth-order valence-corrected chi connectivity index (χ4v) is 2.59. The smallest absolute Gasteiger partial charge is 0.339 e. The number of nitrogens with one attached hydrogen (secondary N) is 1. The SMILES string of the molecule is C=CC(=O)N(CC)C[C@H]1CC1NCc1cccc(C(F)(F)F)c1. The van der Waals surface area contributed by atoms with Gasteiger partial charge in [0.2, 0.25) is 5.91 Å². The van der Waals surface area contributed by atoms with Crippen LogP contribution >= 0.6 is 0 Å². The molecule has 1 N–H and O–H groups in total. The number of rotatable bonds is 7. The number of carbonyl (C=O) groups is 1. The van der Waals surface area contributed by atoms with E-state index >= 15 is 0 Å². The van der Waals surface area contributed by atoms with E-state index in [0.717, 1.165) is 12.5 Å². The van der Waals surface area contributed by atoms with E-state index in [4.69, 9.17) is 0 Å². The molecule has 0 saturated heterocycles. The minimum absolute atomic E-state index is 0.0870. The lowest BCUT2D eigenvalue weighted by Gasteiger charge is -2.19. The van der Waals surface area contributed by atoms with Crippen LogP contribution in [0.5, 0.6) is 0 Å². The summed E-state index contributed by atoms with van der Waals surface area (Å²) >= 11 is 0. The predicted octanol–water partition coefficient (Wildman–Crippen LogP) is 3.22. The lowest BCUT2D eigenvalue weighted by molar-refractivity contribution is -0.137. The van der Waals surface area contributed by atoms with Crippen molar-refractivity contribution >= 4 is 5.91 Å². The molecule has 0 spiro atoms. The number of halogens is 3. The van der Waals surface area contributed by atoms with Crippen molar-refractivity contribution in [2.75, 3.05) is 13.1 Å². The summed E-state index contributed by atoms with van der Waals surface area (Å²) in [6.45, 7) is 7.07. The van der Waals surface area contributed by atoms with E-state index < -0.39 is 11.7 Å². The zero-order valence-electron chi connectivity index (χ0n) is 13.1. The first-order valence-corrected chi connectivity index (χ1v) is 7.66. The Balaban J connectivity index is 1.82. The quantitative estimate of drug-likeness (QED) is 0.780. The van der Waals surface area contributed by atoms with Gasteiger partial charge in [-0.2, -0.15) is 13.2 Å². The van der Waals surface area contributed by atoms with E-state index in [1.165, 1.54) is 18.2 Å². The summed E-state index contributed by atoms with van der Waals surface area (Å²) < 4.78 is 38.0. The molecule has 2 atom stereocenters. The Bertz CT molecular complexity index is 571. The number of alkyl halides is 3. The summed E-state index contributed by atoms with van der Waals surface area (Å²) in [6.07, 6.45) is -2.08. The summed E-state index contributed by atoms with van der Waals surface area (Å²) in [4.78, 5) is 13.3. The number of benzene rings is 1. The molecule has 6 heteroatoms. The van der Waals surface area contributed by atoms with E-state index in [1.54, 1.807) is 11.0 Å². The van der Waals surface area contributed by atoms with Gasteiger partial charge < -0.3 is 10.2 Å². The van der Waals surface area contributed by atoms with Crippen LogP contribution in [0.15, 0.2) is 36.9 Å². The van der Waals surface area contributed by atoms with Crippen molar-refractivity contribution in [3.05, 3.63) is 48.0 Å². The molecule has 1 unspecified atom stereocenters. The Hall–Kier alpha value is -1.82. The maximum atomic E-state index is 12.7. The van der Waals surface area contributed by atoms with E-state index in [1.807, 2.05) is 6.92 Å². The Labute approximate surface area is 134 Å². The molecule has 1 saturated carbocycles. The maximum absolute atomic E-state index is 12.7. The van der Waals surface area contributed by atoms with Gasteiger partial charge in [-0.25, -0.2) is 0 Å². The van der Waals surface area contributed by atoms with Gasteiger partial charge >= 0.3 is 6.18 Å². The minimum Gasteiger partial charge on any atom is -0.339 e. The van der Waals surface area contributed by atoms with Crippen LogP contribution in [0.3, 0.4) is 0 Å². The molecule has 1 aliphatic carbocycles. The first kappa shape index (κ1) is 17.5. The van der Waals surface area contributed by atoms with Crippen LogP contribution in [0, 0.1) is 5.92 Å². The van der Waals surface area contributed by atoms with Crippen molar-refractivity contribution in [3.8, 4) is 0 Å². The highest BCUT2D eigenvalue weighted by atomic mass is 19.4. The van der Waals surface area contributed by atoms with Crippen LogP contribution < -0.4 is 5.32 Å². The molecule has 1 amide bonds. The Morgan fingerprint density at radius 2 is 2.22 bits per heavy atom. The lowest BCUT2D eigenvalue weighted by Crippen LogP contribution is -2.32. The highest BCUT2D eigenvalue weighted by Gasteiger charge is 2.38. The third-order valence-corrected chi connectivity index (χ3v) is 4.07. The average molecular weight is 326 g/mol. The van der Waals surface area contributed by atoms with Crippen molar-refractivity contribution in [1.29, 1.82) is 0 Å². The van der Waals surface area contributed by atoms with Gasteiger partial charge in [0.05, 0.1) is 5.56 Å². The number of likely N-dealkylation sites (N-methyl/N-ethyl adjacent to an activating group) is 1. The second-order valence-electron chi connectivity index (χ2n) is 5.76. The van der Waals surface area contributed by atoms with Crippen LogP contribution in [0.25, 0.3) is 0 Å². The van der Waals surface area contributed by atoms with Crippen LogP contribution in [-0.4, -0.2) is 29.9 Å². The van der Waals surface area contributed by atoms with Gasteiger partial charge in [0.15, 0.2) is 0 Å². The number of carbonyl (C=O) groups excluding carboxylic acids is 1. The molecule has 126 valence electrons. The lowest BCUT2D eigenvalue weighted by atomic mass is 10.1. The number of nitrogens with zero attached hydrogens (tertiary/aromatic N) is 1. The van der Waals surface area contributed by atoms with Crippen LogP contribution in [0.2, 0.25) is 0 Å². The van der Waals surface area contributed by atoms with Crippen molar-refractivity contribution in [2.45, 2.75) is 32.1 Å². The highest BCUT2D eigenvalue weighted by molar-refractivity contribution is 5.86. The summed E-state index contributed by atoms with van der Waals surface area (Å²) in [5.74, 6) is 0.265. The summed E-state index contributed by atoms with van der Waals surface area (Å²) in [5.41, 5.74) is -0.0159. The topological polar surface area (TPSA) is 32.3 Å². The third kappa shape index (κ3) is 4.82. The van der Waals surface area contributed by atoms with Crippen LogP contribution in [0.4, 0.5) is 13.2 Å². The zero-order valence-corrected chi connectivity index (χ0v) is 13.1. The number of hydrogen-bond acceptors (Lipinski definition) is 2. The van der Waals surface area contributed by atoms with Crippen molar-refractivity contribution in [1.82, 2.24) is 10.2 Å². The Morgan fingerprint density at radius 1 is 1.48 bits per heavy atom. The predicted molar refractivity (Wildman–Crippen MR) is 82.6 cm³/mol. The van der Waals surface area contributed by atoms with E-state index in [0.29, 0.717) is 31.1 Å². The normalized spacial score (nSPS) is 20.2. The summed E-state index contributed by atoms with van der Waals surface area (Å²) in [6, 6.07) is 5.59. The first-order chi connectivity index (χ1) is 10.8. The standard InChI is InChI=1S/C17H21F3N2O/c1-3-16(23)22(4-2)11-13-9-15(13)21-10-12-6-5-7-14(8-12)17(18,19)20/h3,5-8,13,15,21H,1,4,9-11H2,2H3/t13-,15?/m1/s1. The van der Waals surface area contributed by atoms with E-state index in [9.17, 15) is 18.0 Å². The maximum Gasteiger partial charge on any atom is 0.416 e. The van der Waals surface area contributed by atoms with Gasteiger partial charge in [0, 0.05) is 25.7 Å². The van der Waals surface area contributed by atoms with Gasteiger partial charge in [-0.1, -0.05) is 24.8 Å². The third-order valence-electron chi connectivity index (χ3n) is 4.07. The van der Waals surface area contributed by atoms with Gasteiger partial charge in [0.1, 0.15) is 0 Å². The molecule has 2 rings (SSSR count). The molecule has 0 heterocycles. The summed E-state index contributed by atoms with van der Waals surface area (Å²) in [7, 11) is 0. The molecule has 0 bridgehead atoms. The fraction of sp³-hybridized carbons (Fsp3) is 0.471. The second kappa shape index (κ2) is 7.17. The molecule has 1 aromatic rings.